The number of anilines is 1. The van der Waals surface area contributed by atoms with Gasteiger partial charge in [-0.1, -0.05) is 29.3 Å². The molecule has 0 spiro atoms. The molecule has 3 heterocycles. The highest BCUT2D eigenvalue weighted by Gasteiger charge is 2.23. The molecule has 8 heteroatoms. The van der Waals surface area contributed by atoms with E-state index >= 15 is 0 Å². The molecule has 2 aromatic heterocycles. The van der Waals surface area contributed by atoms with Crippen LogP contribution in [0.25, 0.3) is 10.2 Å². The van der Waals surface area contributed by atoms with E-state index < -0.39 is 0 Å². The van der Waals surface area contributed by atoms with Crippen LogP contribution in [0.4, 0.5) is 5.82 Å². The van der Waals surface area contributed by atoms with Crippen molar-refractivity contribution in [1.29, 1.82) is 0 Å². The number of fused-ring (bicyclic) bond motifs is 1. The number of hydrogen-bond donors (Lipinski definition) is 0. The molecule has 140 valence electrons. The highest BCUT2D eigenvalue weighted by atomic mass is 35.5. The Labute approximate surface area is 171 Å². The van der Waals surface area contributed by atoms with Gasteiger partial charge in [0.2, 0.25) is 5.91 Å². The second kappa shape index (κ2) is 8.00. The molecule has 27 heavy (non-hydrogen) atoms. The van der Waals surface area contributed by atoms with Gasteiger partial charge >= 0.3 is 0 Å². The van der Waals surface area contributed by atoms with Gasteiger partial charge in [0.1, 0.15) is 17.0 Å². The zero-order valence-electron chi connectivity index (χ0n) is 14.6. The summed E-state index contributed by atoms with van der Waals surface area (Å²) in [6.07, 6.45) is 2.68. The van der Waals surface area contributed by atoms with Crippen LogP contribution in [0, 0.1) is 0 Å². The van der Waals surface area contributed by atoms with E-state index in [2.05, 4.69) is 20.9 Å². The molecule has 1 aliphatic rings. The molecule has 1 aliphatic heterocycles. The molecule has 4 rings (SSSR count). The van der Waals surface area contributed by atoms with Crippen molar-refractivity contribution in [2.75, 3.05) is 31.1 Å². The summed E-state index contributed by atoms with van der Waals surface area (Å²) in [5.41, 5.74) is 0.953. The van der Waals surface area contributed by atoms with Crippen molar-refractivity contribution in [2.24, 2.45) is 0 Å². The number of amides is 1. The summed E-state index contributed by atoms with van der Waals surface area (Å²) in [4.78, 5) is 26.5. The number of benzene rings is 1. The minimum Gasteiger partial charge on any atom is -0.352 e. The first-order chi connectivity index (χ1) is 13.1. The Bertz CT molecular complexity index is 969. The molecule has 5 nitrogen and oxygen atoms in total. The number of thiophene rings is 1. The van der Waals surface area contributed by atoms with Gasteiger partial charge in [0.15, 0.2) is 0 Å². The lowest BCUT2D eigenvalue weighted by molar-refractivity contribution is -0.131. The molecule has 3 aromatic rings. The van der Waals surface area contributed by atoms with Crippen LogP contribution in [0.1, 0.15) is 12.0 Å². The Morgan fingerprint density at radius 3 is 2.70 bits per heavy atom. The first kappa shape index (κ1) is 18.5. The van der Waals surface area contributed by atoms with Crippen LogP contribution in [0.15, 0.2) is 36.0 Å². The van der Waals surface area contributed by atoms with Crippen LogP contribution >= 0.6 is 34.5 Å². The number of carbonyl (C=O) groups is 1. The molecule has 0 bridgehead atoms. The fourth-order valence-corrected chi connectivity index (χ4v) is 4.55. The van der Waals surface area contributed by atoms with Gasteiger partial charge in [-0.15, -0.1) is 11.3 Å². The average molecular weight is 421 g/mol. The van der Waals surface area contributed by atoms with Crippen molar-refractivity contribution in [2.45, 2.75) is 12.8 Å². The maximum atomic E-state index is 12.6. The number of piperazine rings is 1. The average Bonchev–Trinajstić information content (AvgIpc) is 3.16. The summed E-state index contributed by atoms with van der Waals surface area (Å²) < 4.78 is 0. The first-order valence-electron chi connectivity index (χ1n) is 8.76. The van der Waals surface area contributed by atoms with Crippen molar-refractivity contribution >= 4 is 56.5 Å². The number of aromatic nitrogens is 2. The fraction of sp³-hybridized carbons (Fsp3) is 0.316. The molecule has 1 aromatic carbocycles. The number of nitrogens with zero attached hydrogens (tertiary/aromatic N) is 4. The Balaban J connectivity index is 1.35. The van der Waals surface area contributed by atoms with E-state index in [1.54, 1.807) is 29.8 Å². The summed E-state index contributed by atoms with van der Waals surface area (Å²) in [5, 5.41) is 4.34. The molecule has 0 saturated carbocycles. The maximum absolute atomic E-state index is 12.6. The molecular formula is C19H18Cl2N4OS. The monoisotopic (exact) mass is 420 g/mol. The van der Waals surface area contributed by atoms with Gasteiger partial charge in [-0.25, -0.2) is 9.97 Å². The molecule has 0 atom stereocenters. The van der Waals surface area contributed by atoms with Crippen molar-refractivity contribution < 1.29 is 4.79 Å². The minimum atomic E-state index is 0.157. The van der Waals surface area contributed by atoms with E-state index in [1.165, 1.54) is 0 Å². The van der Waals surface area contributed by atoms with Crippen LogP contribution in [-0.4, -0.2) is 47.0 Å². The summed E-state index contributed by atoms with van der Waals surface area (Å²) in [6.45, 7) is 2.94. The van der Waals surface area contributed by atoms with Crippen LogP contribution in [0.5, 0.6) is 0 Å². The van der Waals surface area contributed by atoms with Gasteiger partial charge in [0.05, 0.1) is 5.39 Å². The van der Waals surface area contributed by atoms with Gasteiger partial charge < -0.3 is 9.80 Å². The van der Waals surface area contributed by atoms with Crippen molar-refractivity contribution in [3.05, 3.63) is 51.6 Å². The third-order valence-electron chi connectivity index (χ3n) is 4.80. The number of rotatable bonds is 4. The van der Waals surface area contributed by atoms with E-state index in [0.29, 0.717) is 36.0 Å². The lowest BCUT2D eigenvalue weighted by atomic mass is 10.1. The minimum absolute atomic E-state index is 0.157. The maximum Gasteiger partial charge on any atom is 0.223 e. The Morgan fingerprint density at radius 2 is 1.93 bits per heavy atom. The zero-order chi connectivity index (χ0) is 18.8. The molecule has 1 amide bonds. The van der Waals surface area contributed by atoms with E-state index in [4.69, 9.17) is 23.2 Å². The molecule has 0 unspecified atom stereocenters. The topological polar surface area (TPSA) is 49.3 Å². The van der Waals surface area contributed by atoms with Crippen molar-refractivity contribution in [3.63, 3.8) is 0 Å². The molecule has 1 fully saturated rings. The molecular weight excluding hydrogens is 403 g/mol. The van der Waals surface area contributed by atoms with Gasteiger partial charge in [0.25, 0.3) is 0 Å². The number of halogens is 2. The fourth-order valence-electron chi connectivity index (χ4n) is 3.32. The quantitative estimate of drug-likeness (QED) is 0.631. The molecule has 0 aliphatic carbocycles. The lowest BCUT2D eigenvalue weighted by Gasteiger charge is -2.35. The smallest absolute Gasteiger partial charge is 0.223 e. The normalized spacial score (nSPS) is 14.7. The van der Waals surface area contributed by atoms with Crippen molar-refractivity contribution in [3.8, 4) is 0 Å². The van der Waals surface area contributed by atoms with E-state index in [9.17, 15) is 4.79 Å². The number of carbonyl (C=O) groups excluding carboxylic acids is 1. The van der Waals surface area contributed by atoms with E-state index in [-0.39, 0.29) is 5.91 Å². The van der Waals surface area contributed by atoms with E-state index in [1.807, 2.05) is 16.3 Å². The lowest BCUT2D eigenvalue weighted by Crippen LogP contribution is -2.49. The highest BCUT2D eigenvalue weighted by Crippen LogP contribution is 2.27. The van der Waals surface area contributed by atoms with Gasteiger partial charge in [0, 0.05) is 42.6 Å². The standard InChI is InChI=1S/C19H18Cl2N4OS/c20-14-3-1-13(16(21)11-14)2-4-17(26)24-6-8-25(9-7-24)18-15-5-10-27-19(15)23-12-22-18/h1,3,5,10-12H,2,4,6-9H2. The SMILES string of the molecule is O=C(CCc1ccc(Cl)cc1Cl)N1CCN(c2ncnc3sccc23)CC1. The third kappa shape index (κ3) is 4.03. The van der Waals surface area contributed by atoms with Crippen LogP contribution in [0.2, 0.25) is 10.0 Å². The van der Waals surface area contributed by atoms with E-state index in [0.717, 1.165) is 34.7 Å². The number of hydrogen-bond acceptors (Lipinski definition) is 5. The van der Waals surface area contributed by atoms with Crippen LogP contribution in [-0.2, 0) is 11.2 Å². The summed E-state index contributed by atoms with van der Waals surface area (Å²) in [6, 6.07) is 7.47. The van der Waals surface area contributed by atoms with Gasteiger partial charge in [-0.3, -0.25) is 4.79 Å². The molecule has 0 radical (unpaired) electrons. The van der Waals surface area contributed by atoms with Crippen LogP contribution in [0.3, 0.4) is 0 Å². The second-order valence-corrected chi connectivity index (χ2v) is 8.18. The zero-order valence-corrected chi connectivity index (χ0v) is 16.9. The molecule has 1 saturated heterocycles. The Kier molecular flexibility index (Phi) is 5.48. The van der Waals surface area contributed by atoms with Gasteiger partial charge in [-0.2, -0.15) is 0 Å². The summed E-state index contributed by atoms with van der Waals surface area (Å²) in [5.74, 6) is 1.12. The predicted octanol–water partition coefficient (Wildman–Crippen LogP) is 4.28. The van der Waals surface area contributed by atoms with Gasteiger partial charge in [-0.05, 0) is 35.6 Å². The molecule has 0 N–H and O–H groups in total. The first-order valence-corrected chi connectivity index (χ1v) is 10.4. The number of aryl methyl sites for hydroxylation is 1. The summed E-state index contributed by atoms with van der Waals surface area (Å²) >= 11 is 13.7. The van der Waals surface area contributed by atoms with Crippen LogP contribution < -0.4 is 4.90 Å². The predicted molar refractivity (Wildman–Crippen MR) is 111 cm³/mol. The largest absolute Gasteiger partial charge is 0.352 e. The summed E-state index contributed by atoms with van der Waals surface area (Å²) in [7, 11) is 0. The Morgan fingerprint density at radius 1 is 1.11 bits per heavy atom. The highest BCUT2D eigenvalue weighted by molar-refractivity contribution is 7.16. The Hall–Kier alpha value is -1.89. The third-order valence-corrected chi connectivity index (χ3v) is 6.20. The second-order valence-electron chi connectivity index (χ2n) is 6.44. The van der Waals surface area contributed by atoms with Crippen molar-refractivity contribution in [1.82, 2.24) is 14.9 Å².